The summed E-state index contributed by atoms with van der Waals surface area (Å²) in [4.78, 5) is 7.14. The summed E-state index contributed by atoms with van der Waals surface area (Å²) < 4.78 is 5.07. The van der Waals surface area contributed by atoms with Gasteiger partial charge in [-0.1, -0.05) is 17.7 Å². The predicted octanol–water partition coefficient (Wildman–Crippen LogP) is 2.68. The lowest BCUT2D eigenvalue weighted by Crippen LogP contribution is -2.39. The number of ether oxygens (including phenoxy) is 1. The minimum absolute atomic E-state index is 0.571. The van der Waals surface area contributed by atoms with Crippen LogP contribution in [0.1, 0.15) is 18.9 Å². The summed E-state index contributed by atoms with van der Waals surface area (Å²) in [5.74, 6) is 1.44. The molecule has 1 aromatic carbocycles. The van der Waals surface area contributed by atoms with E-state index in [4.69, 9.17) is 21.3 Å². The zero-order valence-electron chi connectivity index (χ0n) is 14.9. The van der Waals surface area contributed by atoms with Crippen molar-refractivity contribution in [3.8, 4) is 0 Å². The maximum Gasteiger partial charge on any atom is 0.191 e. The predicted molar refractivity (Wildman–Crippen MR) is 102 cm³/mol. The van der Waals surface area contributed by atoms with E-state index in [9.17, 15) is 0 Å². The van der Waals surface area contributed by atoms with Crippen molar-refractivity contribution in [3.63, 3.8) is 0 Å². The highest BCUT2D eigenvalue weighted by molar-refractivity contribution is 6.30. The van der Waals surface area contributed by atoms with E-state index in [-0.39, 0.29) is 0 Å². The van der Waals surface area contributed by atoms with Gasteiger partial charge >= 0.3 is 0 Å². The van der Waals surface area contributed by atoms with Gasteiger partial charge < -0.3 is 20.3 Å². The SMILES string of the molecule is CCNC(=NCC1CCN(c2cc(Cl)ccc2C)C1)NCCOC. The van der Waals surface area contributed by atoms with E-state index in [1.54, 1.807) is 7.11 Å². The number of methoxy groups -OCH3 is 1. The molecule has 6 heteroatoms. The molecular weight excluding hydrogens is 324 g/mol. The zero-order valence-corrected chi connectivity index (χ0v) is 15.7. The number of aryl methyl sites for hydroxylation is 1. The molecule has 1 fully saturated rings. The molecule has 1 aliphatic rings. The smallest absolute Gasteiger partial charge is 0.191 e. The third kappa shape index (κ3) is 5.56. The van der Waals surface area contributed by atoms with Gasteiger partial charge in [0.15, 0.2) is 5.96 Å². The standard InChI is InChI=1S/C18H29ClN4O/c1-4-20-18(21-8-10-24-3)22-12-15-7-9-23(13-15)17-11-16(19)6-5-14(17)2/h5-6,11,15H,4,7-10,12-13H2,1-3H3,(H2,20,21,22). The van der Waals surface area contributed by atoms with Crippen molar-refractivity contribution >= 4 is 23.2 Å². The molecule has 5 nitrogen and oxygen atoms in total. The van der Waals surface area contributed by atoms with Gasteiger partial charge in [-0.25, -0.2) is 0 Å². The number of hydrogen-bond acceptors (Lipinski definition) is 3. The summed E-state index contributed by atoms with van der Waals surface area (Å²) >= 11 is 6.15. The fourth-order valence-corrected chi connectivity index (χ4v) is 3.12. The van der Waals surface area contributed by atoms with E-state index in [1.807, 2.05) is 6.07 Å². The van der Waals surface area contributed by atoms with Crippen LogP contribution in [0.3, 0.4) is 0 Å². The fourth-order valence-electron chi connectivity index (χ4n) is 2.96. The Morgan fingerprint density at radius 1 is 1.42 bits per heavy atom. The monoisotopic (exact) mass is 352 g/mol. The van der Waals surface area contributed by atoms with Crippen LogP contribution < -0.4 is 15.5 Å². The highest BCUT2D eigenvalue weighted by Crippen LogP contribution is 2.29. The van der Waals surface area contributed by atoms with Crippen LogP contribution in [0.5, 0.6) is 0 Å². The maximum absolute atomic E-state index is 6.15. The highest BCUT2D eigenvalue weighted by Gasteiger charge is 2.23. The lowest BCUT2D eigenvalue weighted by atomic mass is 10.1. The van der Waals surface area contributed by atoms with Crippen molar-refractivity contribution in [1.29, 1.82) is 0 Å². The third-order valence-corrected chi connectivity index (χ3v) is 4.48. The van der Waals surface area contributed by atoms with E-state index >= 15 is 0 Å². The number of halogens is 1. The van der Waals surface area contributed by atoms with Crippen LogP contribution in [0.25, 0.3) is 0 Å². The van der Waals surface area contributed by atoms with Gasteiger partial charge in [0.2, 0.25) is 0 Å². The number of nitrogens with zero attached hydrogens (tertiary/aromatic N) is 2. The summed E-state index contributed by atoms with van der Waals surface area (Å²) in [5, 5.41) is 7.36. The minimum atomic E-state index is 0.571. The molecule has 0 spiro atoms. The van der Waals surface area contributed by atoms with Gasteiger partial charge in [-0.05, 0) is 43.9 Å². The van der Waals surface area contributed by atoms with Crippen molar-refractivity contribution in [2.75, 3.05) is 51.3 Å². The zero-order chi connectivity index (χ0) is 17.4. The third-order valence-electron chi connectivity index (χ3n) is 4.25. The van der Waals surface area contributed by atoms with Gasteiger partial charge in [0.1, 0.15) is 0 Å². The van der Waals surface area contributed by atoms with Crippen LogP contribution in [0.4, 0.5) is 5.69 Å². The first-order chi connectivity index (χ1) is 11.6. The van der Waals surface area contributed by atoms with Gasteiger partial charge in [0.05, 0.1) is 6.61 Å². The highest BCUT2D eigenvalue weighted by atomic mass is 35.5. The fraction of sp³-hybridized carbons (Fsp3) is 0.611. The Hall–Kier alpha value is -1.46. The molecule has 134 valence electrons. The molecule has 1 unspecified atom stereocenters. The molecule has 1 heterocycles. The van der Waals surface area contributed by atoms with Gasteiger partial charge in [0.25, 0.3) is 0 Å². The summed E-state index contributed by atoms with van der Waals surface area (Å²) in [6, 6.07) is 6.11. The number of rotatable bonds is 7. The van der Waals surface area contributed by atoms with Gasteiger partial charge in [-0.3, -0.25) is 4.99 Å². The van der Waals surface area contributed by atoms with Gasteiger partial charge in [0, 0.05) is 50.5 Å². The van der Waals surface area contributed by atoms with E-state index in [0.717, 1.165) is 50.1 Å². The minimum Gasteiger partial charge on any atom is -0.383 e. The Balaban J connectivity index is 1.90. The Kier molecular flexibility index (Phi) is 7.66. The first-order valence-electron chi connectivity index (χ1n) is 8.66. The van der Waals surface area contributed by atoms with Gasteiger partial charge in [-0.2, -0.15) is 0 Å². The number of benzene rings is 1. The van der Waals surface area contributed by atoms with Crippen molar-refractivity contribution in [1.82, 2.24) is 10.6 Å². The van der Waals surface area contributed by atoms with E-state index < -0.39 is 0 Å². The number of aliphatic imine (C=N–C) groups is 1. The first kappa shape index (κ1) is 18.9. The molecule has 0 aromatic heterocycles. The lowest BCUT2D eigenvalue weighted by molar-refractivity contribution is 0.203. The molecule has 0 aliphatic carbocycles. The quantitative estimate of drug-likeness (QED) is 0.450. The molecule has 0 amide bonds. The summed E-state index contributed by atoms with van der Waals surface area (Å²) in [5.41, 5.74) is 2.53. The first-order valence-corrected chi connectivity index (χ1v) is 9.04. The summed E-state index contributed by atoms with van der Waals surface area (Å²) in [6.07, 6.45) is 1.16. The maximum atomic E-state index is 6.15. The van der Waals surface area contributed by atoms with E-state index in [0.29, 0.717) is 12.5 Å². The second-order valence-corrected chi connectivity index (χ2v) is 6.61. The Morgan fingerprint density at radius 3 is 3.00 bits per heavy atom. The molecule has 0 saturated carbocycles. The molecule has 1 saturated heterocycles. The van der Waals surface area contributed by atoms with Crippen LogP contribution in [-0.4, -0.2) is 52.4 Å². The Labute approximate surface area is 150 Å². The van der Waals surface area contributed by atoms with Crippen LogP contribution in [0.15, 0.2) is 23.2 Å². The van der Waals surface area contributed by atoms with Gasteiger partial charge in [-0.15, -0.1) is 0 Å². The summed E-state index contributed by atoms with van der Waals surface area (Å²) in [6.45, 7) is 9.44. The molecule has 2 N–H and O–H groups in total. The number of hydrogen-bond donors (Lipinski definition) is 2. The molecule has 0 radical (unpaired) electrons. The van der Waals surface area contributed by atoms with Crippen molar-refractivity contribution in [2.24, 2.45) is 10.9 Å². The lowest BCUT2D eigenvalue weighted by Gasteiger charge is -2.21. The Bertz CT molecular complexity index is 550. The number of guanidine groups is 1. The largest absolute Gasteiger partial charge is 0.383 e. The molecule has 1 aliphatic heterocycles. The van der Waals surface area contributed by atoms with E-state index in [2.05, 4.69) is 41.5 Å². The van der Waals surface area contributed by atoms with Crippen LogP contribution in [0, 0.1) is 12.8 Å². The number of anilines is 1. The van der Waals surface area contributed by atoms with Crippen molar-refractivity contribution in [3.05, 3.63) is 28.8 Å². The van der Waals surface area contributed by atoms with Crippen LogP contribution in [-0.2, 0) is 4.74 Å². The average Bonchev–Trinajstić information content (AvgIpc) is 3.04. The molecule has 0 bridgehead atoms. The second kappa shape index (κ2) is 9.74. The Morgan fingerprint density at radius 2 is 2.25 bits per heavy atom. The van der Waals surface area contributed by atoms with Crippen LogP contribution >= 0.6 is 11.6 Å². The normalized spacial score (nSPS) is 18.1. The molecule has 1 aromatic rings. The molecule has 2 rings (SSSR count). The molecule has 1 atom stereocenters. The average molecular weight is 353 g/mol. The molecular formula is C18H29ClN4O. The second-order valence-electron chi connectivity index (χ2n) is 6.17. The van der Waals surface area contributed by atoms with E-state index in [1.165, 1.54) is 11.3 Å². The molecule has 24 heavy (non-hydrogen) atoms. The summed E-state index contributed by atoms with van der Waals surface area (Å²) in [7, 11) is 1.71. The van der Waals surface area contributed by atoms with Crippen molar-refractivity contribution < 1.29 is 4.74 Å². The number of nitrogens with one attached hydrogen (secondary N) is 2. The topological polar surface area (TPSA) is 48.9 Å². The van der Waals surface area contributed by atoms with Crippen molar-refractivity contribution in [2.45, 2.75) is 20.3 Å². The van der Waals surface area contributed by atoms with Crippen LogP contribution in [0.2, 0.25) is 5.02 Å².